The second-order valence-electron chi connectivity index (χ2n) is 9.34. The molecule has 0 spiro atoms. The van der Waals surface area contributed by atoms with Crippen LogP contribution in [0.5, 0.6) is 23.0 Å². The normalized spacial score (nSPS) is 19.4. The van der Waals surface area contributed by atoms with Crippen molar-refractivity contribution in [1.82, 2.24) is 4.90 Å². The lowest BCUT2D eigenvalue weighted by molar-refractivity contribution is -0.140. The van der Waals surface area contributed by atoms with Crippen LogP contribution in [0, 0.1) is 0 Å². The Balaban J connectivity index is 1.46. The van der Waals surface area contributed by atoms with E-state index in [1.807, 2.05) is 24.1 Å². The Hall–Kier alpha value is -4.66. The molecule has 0 radical (unpaired) electrons. The SMILES string of the molecule is COc1cccc(C2/C(=C(/O)c3ccc4c(c3)N(C)CCO4)C(=O)C(=O)N2Cc2ccc3c(c2)OCO3)c1. The number of carbonyl (C=O) groups excluding carboxylic acids is 2. The first kappa shape index (κ1) is 23.7. The molecule has 1 atom stereocenters. The zero-order chi connectivity index (χ0) is 26.4. The molecule has 1 N–H and O–H groups in total. The standard InChI is InChI=1S/C29H26N2O7/c1-30-10-11-36-22-9-7-19(14-21(22)30)27(32)25-26(18-4-3-5-20(13-18)35-2)31(29(34)28(25)33)15-17-6-8-23-24(12-17)38-16-37-23/h3-9,12-14,26,32H,10-11,15-16H2,1-2H3/b27-25-. The first-order valence-corrected chi connectivity index (χ1v) is 12.2. The maximum Gasteiger partial charge on any atom is 0.295 e. The summed E-state index contributed by atoms with van der Waals surface area (Å²) in [6, 6.07) is 17.0. The second kappa shape index (κ2) is 9.33. The number of nitrogens with zero attached hydrogens (tertiary/aromatic N) is 2. The molecule has 1 fully saturated rings. The molecule has 3 aromatic carbocycles. The molecule has 1 amide bonds. The molecule has 0 aliphatic carbocycles. The summed E-state index contributed by atoms with van der Waals surface area (Å²) in [6.45, 7) is 1.52. The van der Waals surface area contributed by atoms with E-state index >= 15 is 0 Å². The summed E-state index contributed by atoms with van der Waals surface area (Å²) >= 11 is 0. The number of ether oxygens (including phenoxy) is 4. The zero-order valence-electron chi connectivity index (χ0n) is 21.0. The van der Waals surface area contributed by atoms with E-state index in [0.29, 0.717) is 47.3 Å². The van der Waals surface area contributed by atoms with E-state index in [1.165, 1.54) is 4.90 Å². The summed E-state index contributed by atoms with van der Waals surface area (Å²) in [5.74, 6) is 0.783. The number of likely N-dealkylation sites (N-methyl/N-ethyl adjacent to an activating group) is 1. The van der Waals surface area contributed by atoms with Gasteiger partial charge in [-0.25, -0.2) is 0 Å². The van der Waals surface area contributed by atoms with Gasteiger partial charge in [-0.05, 0) is 53.6 Å². The van der Waals surface area contributed by atoms with Crippen molar-refractivity contribution >= 4 is 23.1 Å². The number of methoxy groups -OCH3 is 1. The highest BCUT2D eigenvalue weighted by Gasteiger charge is 2.46. The molecule has 3 aromatic rings. The van der Waals surface area contributed by atoms with Crippen molar-refractivity contribution in [3.63, 3.8) is 0 Å². The minimum atomic E-state index is -0.833. The van der Waals surface area contributed by atoms with Crippen LogP contribution in [0.15, 0.2) is 66.2 Å². The molecule has 0 saturated carbocycles. The molecule has 0 aromatic heterocycles. The van der Waals surface area contributed by atoms with Gasteiger partial charge in [0, 0.05) is 19.2 Å². The molecule has 9 nitrogen and oxygen atoms in total. The van der Waals surface area contributed by atoms with E-state index < -0.39 is 17.7 Å². The summed E-state index contributed by atoms with van der Waals surface area (Å²) in [6.07, 6.45) is 0. The van der Waals surface area contributed by atoms with Crippen LogP contribution in [0.25, 0.3) is 5.76 Å². The van der Waals surface area contributed by atoms with Gasteiger partial charge in [0.2, 0.25) is 6.79 Å². The fourth-order valence-electron chi connectivity index (χ4n) is 5.09. The summed E-state index contributed by atoms with van der Waals surface area (Å²) in [5.41, 5.74) is 2.65. The van der Waals surface area contributed by atoms with Crippen LogP contribution < -0.4 is 23.8 Å². The Labute approximate surface area is 219 Å². The van der Waals surface area contributed by atoms with Crippen LogP contribution in [0.4, 0.5) is 5.69 Å². The van der Waals surface area contributed by atoms with Gasteiger partial charge < -0.3 is 33.9 Å². The Bertz CT molecular complexity index is 1480. The van der Waals surface area contributed by atoms with Gasteiger partial charge in [-0.1, -0.05) is 18.2 Å². The second-order valence-corrected chi connectivity index (χ2v) is 9.34. The molecular weight excluding hydrogens is 488 g/mol. The van der Waals surface area contributed by atoms with E-state index in [1.54, 1.807) is 55.6 Å². The summed E-state index contributed by atoms with van der Waals surface area (Å²) in [7, 11) is 3.49. The van der Waals surface area contributed by atoms with Crippen molar-refractivity contribution in [2.75, 3.05) is 39.0 Å². The molecule has 1 unspecified atom stereocenters. The van der Waals surface area contributed by atoms with Gasteiger partial charge in [0.1, 0.15) is 23.9 Å². The van der Waals surface area contributed by atoms with Gasteiger partial charge >= 0.3 is 0 Å². The summed E-state index contributed by atoms with van der Waals surface area (Å²) in [4.78, 5) is 30.4. The highest BCUT2D eigenvalue weighted by Crippen LogP contribution is 2.43. The largest absolute Gasteiger partial charge is 0.507 e. The number of likely N-dealkylation sites (tertiary alicyclic amines) is 1. The number of Topliss-reactive ketones (excluding diaryl/α,β-unsaturated/α-hetero) is 1. The molecule has 3 aliphatic heterocycles. The average Bonchev–Trinajstić information content (AvgIpc) is 3.51. The lowest BCUT2D eigenvalue weighted by Crippen LogP contribution is -2.29. The van der Waals surface area contributed by atoms with E-state index in [2.05, 4.69) is 0 Å². The highest BCUT2D eigenvalue weighted by molar-refractivity contribution is 6.46. The smallest absolute Gasteiger partial charge is 0.295 e. The summed E-state index contributed by atoms with van der Waals surface area (Å²) in [5, 5.41) is 11.5. The number of fused-ring (bicyclic) bond motifs is 2. The molecule has 0 bridgehead atoms. The lowest BCUT2D eigenvalue weighted by Gasteiger charge is -2.28. The molecule has 3 heterocycles. The van der Waals surface area contributed by atoms with Gasteiger partial charge in [-0.2, -0.15) is 0 Å². The van der Waals surface area contributed by atoms with Gasteiger partial charge in [0.05, 0.1) is 31.0 Å². The van der Waals surface area contributed by atoms with Crippen LogP contribution >= 0.6 is 0 Å². The first-order valence-electron chi connectivity index (χ1n) is 12.2. The van der Waals surface area contributed by atoms with E-state index in [-0.39, 0.29) is 24.7 Å². The van der Waals surface area contributed by atoms with Crippen LogP contribution in [0.1, 0.15) is 22.7 Å². The molecule has 1 saturated heterocycles. The number of ketones is 1. The Morgan fingerprint density at radius 1 is 1.00 bits per heavy atom. The predicted octanol–water partition coefficient (Wildman–Crippen LogP) is 3.87. The van der Waals surface area contributed by atoms with Gasteiger partial charge in [0.25, 0.3) is 11.7 Å². The number of carbonyl (C=O) groups is 2. The number of anilines is 1. The number of hydrogen-bond acceptors (Lipinski definition) is 8. The Kier molecular flexibility index (Phi) is 5.83. The van der Waals surface area contributed by atoms with Crippen molar-refractivity contribution < 1.29 is 33.6 Å². The average molecular weight is 515 g/mol. The number of hydrogen-bond donors (Lipinski definition) is 1. The topological polar surface area (TPSA) is 97.8 Å². The predicted molar refractivity (Wildman–Crippen MR) is 139 cm³/mol. The lowest BCUT2D eigenvalue weighted by atomic mass is 9.94. The third kappa shape index (κ3) is 3.96. The highest BCUT2D eigenvalue weighted by atomic mass is 16.7. The van der Waals surface area contributed by atoms with Crippen LogP contribution in [0.3, 0.4) is 0 Å². The fourth-order valence-corrected chi connectivity index (χ4v) is 5.09. The fraction of sp³-hybridized carbons (Fsp3) is 0.241. The number of amides is 1. The Morgan fingerprint density at radius 3 is 2.66 bits per heavy atom. The van der Waals surface area contributed by atoms with Gasteiger partial charge in [0.15, 0.2) is 11.5 Å². The zero-order valence-corrected chi connectivity index (χ0v) is 21.0. The molecular formula is C29H26N2O7. The van der Waals surface area contributed by atoms with Crippen molar-refractivity contribution in [2.24, 2.45) is 0 Å². The Morgan fingerprint density at radius 2 is 1.82 bits per heavy atom. The molecule has 194 valence electrons. The third-order valence-corrected chi connectivity index (χ3v) is 7.07. The maximum atomic E-state index is 13.5. The van der Waals surface area contributed by atoms with Crippen LogP contribution in [0.2, 0.25) is 0 Å². The van der Waals surface area contributed by atoms with Crippen LogP contribution in [-0.2, 0) is 16.1 Å². The number of rotatable bonds is 5. The van der Waals surface area contributed by atoms with Gasteiger partial charge in [-0.15, -0.1) is 0 Å². The van der Waals surface area contributed by atoms with Crippen molar-refractivity contribution in [2.45, 2.75) is 12.6 Å². The monoisotopic (exact) mass is 514 g/mol. The number of benzene rings is 3. The number of aliphatic hydroxyl groups is 1. The molecule has 6 rings (SSSR count). The third-order valence-electron chi connectivity index (χ3n) is 7.07. The number of aliphatic hydroxyl groups excluding tert-OH is 1. The maximum absolute atomic E-state index is 13.5. The molecule has 3 aliphatic rings. The molecule has 38 heavy (non-hydrogen) atoms. The van der Waals surface area contributed by atoms with Crippen LogP contribution in [-0.4, -0.2) is 55.8 Å². The first-order chi connectivity index (χ1) is 18.4. The quantitative estimate of drug-likeness (QED) is 0.311. The van der Waals surface area contributed by atoms with E-state index in [9.17, 15) is 14.7 Å². The van der Waals surface area contributed by atoms with Crippen molar-refractivity contribution in [1.29, 1.82) is 0 Å². The minimum Gasteiger partial charge on any atom is -0.507 e. The summed E-state index contributed by atoms with van der Waals surface area (Å²) < 4.78 is 22.0. The van der Waals surface area contributed by atoms with E-state index in [0.717, 1.165) is 11.3 Å². The molecule has 9 heteroatoms. The van der Waals surface area contributed by atoms with Gasteiger partial charge in [-0.3, -0.25) is 9.59 Å². The minimum absolute atomic E-state index is 0.0170. The van der Waals surface area contributed by atoms with Crippen molar-refractivity contribution in [3.05, 3.63) is 82.9 Å². The van der Waals surface area contributed by atoms with E-state index in [4.69, 9.17) is 18.9 Å². The van der Waals surface area contributed by atoms with Crippen molar-refractivity contribution in [3.8, 4) is 23.0 Å².